The number of rotatable bonds is 9. The van der Waals surface area contributed by atoms with Gasteiger partial charge in [-0.3, -0.25) is 0 Å². The predicted octanol–water partition coefficient (Wildman–Crippen LogP) is 5.13. The zero-order valence-electron chi connectivity index (χ0n) is 13.3. The number of phenols is 2. The van der Waals surface area contributed by atoms with E-state index in [9.17, 15) is 10.2 Å². The minimum atomic E-state index is 0.0578. The first-order valence-electron chi connectivity index (χ1n) is 8.21. The van der Waals surface area contributed by atoms with E-state index in [1.807, 2.05) is 0 Å². The molecule has 0 aliphatic heterocycles. The summed E-state index contributed by atoms with van der Waals surface area (Å²) in [7, 11) is 0. The van der Waals surface area contributed by atoms with Gasteiger partial charge < -0.3 is 10.2 Å². The molecule has 0 radical (unpaired) electrons. The van der Waals surface area contributed by atoms with Crippen molar-refractivity contribution < 1.29 is 10.2 Å². The van der Waals surface area contributed by atoms with Crippen molar-refractivity contribution in [2.24, 2.45) is 0 Å². The fourth-order valence-corrected chi connectivity index (χ4v) is 2.78. The van der Waals surface area contributed by atoms with Crippen LogP contribution in [0.5, 0.6) is 11.5 Å². The van der Waals surface area contributed by atoms with Crippen molar-refractivity contribution >= 4 is 0 Å². The number of aromatic hydroxyl groups is 2. The fourth-order valence-electron chi connectivity index (χ4n) is 2.78. The van der Waals surface area contributed by atoms with E-state index < -0.39 is 0 Å². The van der Waals surface area contributed by atoms with Crippen molar-refractivity contribution in [3.05, 3.63) is 22.8 Å². The lowest BCUT2D eigenvalue weighted by molar-refractivity contribution is 0.397. The van der Waals surface area contributed by atoms with Crippen molar-refractivity contribution in [1.82, 2.24) is 0 Å². The molecule has 2 nitrogen and oxygen atoms in total. The van der Waals surface area contributed by atoms with Crippen LogP contribution < -0.4 is 0 Å². The molecule has 0 amide bonds. The second kappa shape index (κ2) is 8.89. The molecule has 2 N–H and O–H groups in total. The summed E-state index contributed by atoms with van der Waals surface area (Å²) in [6.07, 6.45) is 9.69. The van der Waals surface area contributed by atoms with Crippen LogP contribution in [-0.4, -0.2) is 10.2 Å². The number of hydrogen-bond acceptors (Lipinski definition) is 2. The average molecular weight is 278 g/mol. The Kier molecular flexibility index (Phi) is 7.50. The molecule has 0 aliphatic rings. The first-order chi connectivity index (χ1) is 9.65. The summed E-state index contributed by atoms with van der Waals surface area (Å²) in [6, 6.07) is 1.78. The van der Waals surface area contributed by atoms with Crippen molar-refractivity contribution in [3.8, 4) is 11.5 Å². The third-order valence-corrected chi connectivity index (χ3v) is 3.92. The highest BCUT2D eigenvalue weighted by atomic mass is 16.3. The molecule has 0 heterocycles. The van der Waals surface area contributed by atoms with Crippen molar-refractivity contribution in [2.75, 3.05) is 0 Å². The van der Waals surface area contributed by atoms with Crippen LogP contribution in [0.25, 0.3) is 0 Å². The Hall–Kier alpha value is -1.18. The quantitative estimate of drug-likeness (QED) is 0.486. The minimum absolute atomic E-state index is 0.0578. The van der Waals surface area contributed by atoms with E-state index in [0.717, 1.165) is 50.5 Å². The van der Waals surface area contributed by atoms with Gasteiger partial charge in [-0.15, -0.1) is 0 Å². The molecule has 1 aromatic carbocycles. The summed E-state index contributed by atoms with van der Waals surface area (Å²) < 4.78 is 0. The van der Waals surface area contributed by atoms with Crippen LogP contribution in [0.15, 0.2) is 6.07 Å². The molecular weight excluding hydrogens is 248 g/mol. The van der Waals surface area contributed by atoms with Gasteiger partial charge in [-0.25, -0.2) is 0 Å². The summed E-state index contributed by atoms with van der Waals surface area (Å²) >= 11 is 0. The van der Waals surface area contributed by atoms with Crippen LogP contribution in [0.3, 0.4) is 0 Å². The molecule has 0 bridgehead atoms. The Balaban J connectivity index is 3.09. The standard InChI is InChI=1S/C18H30O2/c1-4-7-9-11-14-13-17(19)18(20)16(12-8-5-2)15(14)10-6-3/h13,19-20H,4-12H2,1-3H3. The number of hydrogen-bond donors (Lipinski definition) is 2. The topological polar surface area (TPSA) is 40.5 Å². The van der Waals surface area contributed by atoms with E-state index in [2.05, 4.69) is 20.8 Å². The fraction of sp³-hybridized carbons (Fsp3) is 0.667. The number of benzene rings is 1. The average Bonchev–Trinajstić information content (AvgIpc) is 2.44. The molecule has 1 aromatic rings. The molecule has 0 spiro atoms. The van der Waals surface area contributed by atoms with Crippen LogP contribution in [0.1, 0.15) is 76.0 Å². The van der Waals surface area contributed by atoms with Gasteiger partial charge in [0.05, 0.1) is 0 Å². The van der Waals surface area contributed by atoms with Gasteiger partial charge in [0, 0.05) is 5.56 Å². The maximum Gasteiger partial charge on any atom is 0.160 e. The highest BCUT2D eigenvalue weighted by Crippen LogP contribution is 2.36. The molecule has 0 saturated carbocycles. The van der Waals surface area contributed by atoms with E-state index in [1.165, 1.54) is 24.0 Å². The van der Waals surface area contributed by atoms with Gasteiger partial charge in [-0.05, 0) is 49.3 Å². The minimum Gasteiger partial charge on any atom is -0.504 e. The zero-order chi connectivity index (χ0) is 15.0. The Morgan fingerprint density at radius 1 is 0.750 bits per heavy atom. The molecular formula is C18H30O2. The van der Waals surface area contributed by atoms with Gasteiger partial charge in [0.2, 0.25) is 0 Å². The molecule has 0 aromatic heterocycles. The summed E-state index contributed by atoms with van der Waals surface area (Å²) in [5, 5.41) is 20.2. The van der Waals surface area contributed by atoms with Crippen LogP contribution in [0.4, 0.5) is 0 Å². The molecule has 114 valence electrons. The second-order valence-electron chi connectivity index (χ2n) is 5.67. The molecule has 20 heavy (non-hydrogen) atoms. The van der Waals surface area contributed by atoms with Crippen LogP contribution in [-0.2, 0) is 19.3 Å². The van der Waals surface area contributed by atoms with E-state index in [4.69, 9.17) is 0 Å². The normalized spacial score (nSPS) is 10.9. The van der Waals surface area contributed by atoms with Crippen molar-refractivity contribution in [1.29, 1.82) is 0 Å². The SMILES string of the molecule is CCCCCc1cc(O)c(O)c(CCCC)c1CCC. The van der Waals surface area contributed by atoms with Gasteiger partial charge >= 0.3 is 0 Å². The smallest absolute Gasteiger partial charge is 0.160 e. The van der Waals surface area contributed by atoms with E-state index in [0.29, 0.717) is 0 Å². The summed E-state index contributed by atoms with van der Waals surface area (Å²) in [4.78, 5) is 0. The molecule has 2 heteroatoms. The third kappa shape index (κ3) is 4.43. The maximum absolute atomic E-state index is 10.2. The lowest BCUT2D eigenvalue weighted by atomic mass is 9.90. The van der Waals surface area contributed by atoms with Gasteiger partial charge in [0.1, 0.15) is 0 Å². The van der Waals surface area contributed by atoms with Gasteiger partial charge in [0.15, 0.2) is 11.5 Å². The van der Waals surface area contributed by atoms with E-state index in [1.54, 1.807) is 6.07 Å². The summed E-state index contributed by atoms with van der Waals surface area (Å²) in [6.45, 7) is 6.53. The van der Waals surface area contributed by atoms with Crippen molar-refractivity contribution in [3.63, 3.8) is 0 Å². The lowest BCUT2D eigenvalue weighted by Gasteiger charge is -2.17. The Morgan fingerprint density at radius 3 is 2.05 bits per heavy atom. The Morgan fingerprint density at radius 2 is 1.45 bits per heavy atom. The largest absolute Gasteiger partial charge is 0.504 e. The summed E-state index contributed by atoms with van der Waals surface area (Å²) in [5.41, 5.74) is 3.51. The maximum atomic E-state index is 10.2. The van der Waals surface area contributed by atoms with Gasteiger partial charge in [0.25, 0.3) is 0 Å². The third-order valence-electron chi connectivity index (χ3n) is 3.92. The number of aryl methyl sites for hydroxylation is 1. The van der Waals surface area contributed by atoms with E-state index >= 15 is 0 Å². The van der Waals surface area contributed by atoms with Gasteiger partial charge in [-0.2, -0.15) is 0 Å². The molecule has 0 aliphatic carbocycles. The van der Waals surface area contributed by atoms with Crippen LogP contribution in [0, 0.1) is 0 Å². The number of unbranched alkanes of at least 4 members (excludes halogenated alkanes) is 3. The van der Waals surface area contributed by atoms with Crippen LogP contribution >= 0.6 is 0 Å². The molecule has 0 fully saturated rings. The molecule has 0 atom stereocenters. The molecule has 0 saturated heterocycles. The Labute approximate surface area is 123 Å². The monoisotopic (exact) mass is 278 g/mol. The highest BCUT2D eigenvalue weighted by Gasteiger charge is 2.16. The number of phenolic OH excluding ortho intramolecular Hbond substituents is 2. The van der Waals surface area contributed by atoms with Crippen LogP contribution in [0.2, 0.25) is 0 Å². The Bertz CT molecular complexity index is 410. The summed E-state index contributed by atoms with van der Waals surface area (Å²) in [5.74, 6) is 0.170. The lowest BCUT2D eigenvalue weighted by Crippen LogP contribution is -2.02. The molecule has 0 unspecified atom stereocenters. The predicted molar refractivity (Wildman–Crippen MR) is 85.6 cm³/mol. The second-order valence-corrected chi connectivity index (χ2v) is 5.67. The first-order valence-corrected chi connectivity index (χ1v) is 8.21. The van der Waals surface area contributed by atoms with E-state index in [-0.39, 0.29) is 11.5 Å². The zero-order valence-corrected chi connectivity index (χ0v) is 13.3. The first kappa shape index (κ1) is 16.9. The molecule has 1 rings (SSSR count). The highest BCUT2D eigenvalue weighted by molar-refractivity contribution is 5.53. The van der Waals surface area contributed by atoms with Crippen molar-refractivity contribution in [2.45, 2.75) is 78.6 Å². The van der Waals surface area contributed by atoms with Gasteiger partial charge in [-0.1, -0.05) is 46.5 Å².